The minimum absolute atomic E-state index is 0.0756. The van der Waals surface area contributed by atoms with Crippen LogP contribution in [0.3, 0.4) is 0 Å². The van der Waals surface area contributed by atoms with Crippen molar-refractivity contribution in [2.75, 3.05) is 11.9 Å². The second-order valence-corrected chi connectivity index (χ2v) is 4.00. The fourth-order valence-corrected chi connectivity index (χ4v) is 1.55. The van der Waals surface area contributed by atoms with Crippen molar-refractivity contribution < 1.29 is 9.84 Å². The second kappa shape index (κ2) is 6.19. The van der Waals surface area contributed by atoms with Crippen LogP contribution in [0.1, 0.15) is 12.5 Å². The minimum atomic E-state index is 0.0756. The Morgan fingerprint density at radius 2 is 1.95 bits per heavy atom. The molecule has 2 N–H and O–H groups in total. The van der Waals surface area contributed by atoms with Gasteiger partial charge < -0.3 is 15.2 Å². The van der Waals surface area contributed by atoms with Gasteiger partial charge in [0, 0.05) is 6.54 Å². The molecule has 0 saturated carbocycles. The van der Waals surface area contributed by atoms with Crippen LogP contribution in [0.5, 0.6) is 11.8 Å². The molecule has 0 fully saturated rings. The van der Waals surface area contributed by atoms with E-state index in [-0.39, 0.29) is 17.0 Å². The Morgan fingerprint density at radius 1 is 1.21 bits per heavy atom. The van der Waals surface area contributed by atoms with Gasteiger partial charge in [0.15, 0.2) is 0 Å². The molecule has 1 heterocycles. The molecule has 0 unspecified atom stereocenters. The fraction of sp³-hybridized carbons (Fsp3) is 0.250. The standard InChI is InChI=1S/C12H13ClN4O2/c1-2-19-12-16-10(13)15-11(17-12)14-7-8-3-5-9(18)6-4-8/h3-6,18H,2,7H2,1H3,(H,14,15,16,17). The summed E-state index contributed by atoms with van der Waals surface area (Å²) in [6.07, 6.45) is 0. The van der Waals surface area contributed by atoms with Crippen molar-refractivity contribution in [2.24, 2.45) is 0 Å². The predicted molar refractivity (Wildman–Crippen MR) is 71.4 cm³/mol. The van der Waals surface area contributed by atoms with E-state index in [0.717, 1.165) is 5.56 Å². The van der Waals surface area contributed by atoms with Crippen LogP contribution in [-0.2, 0) is 6.54 Å². The van der Waals surface area contributed by atoms with E-state index in [9.17, 15) is 5.11 Å². The average molecular weight is 281 g/mol. The summed E-state index contributed by atoms with van der Waals surface area (Å²) < 4.78 is 5.18. The lowest BCUT2D eigenvalue weighted by Gasteiger charge is -2.07. The second-order valence-electron chi connectivity index (χ2n) is 3.66. The topological polar surface area (TPSA) is 80.2 Å². The molecule has 0 atom stereocenters. The number of rotatable bonds is 5. The highest BCUT2D eigenvalue weighted by Gasteiger charge is 2.05. The molecule has 0 saturated heterocycles. The SMILES string of the molecule is CCOc1nc(Cl)nc(NCc2ccc(O)cc2)n1. The number of phenolic OH excluding ortho intramolecular Hbond substituents is 1. The van der Waals surface area contributed by atoms with Gasteiger partial charge in [-0.25, -0.2) is 0 Å². The Kier molecular flexibility index (Phi) is 4.35. The number of phenols is 1. The number of aromatic hydroxyl groups is 1. The van der Waals surface area contributed by atoms with Gasteiger partial charge in [0.05, 0.1) is 6.61 Å². The highest BCUT2D eigenvalue weighted by Crippen LogP contribution is 2.13. The first-order chi connectivity index (χ1) is 9.17. The molecule has 0 aliphatic heterocycles. The summed E-state index contributed by atoms with van der Waals surface area (Å²) in [5, 5.41) is 12.3. The van der Waals surface area contributed by atoms with Gasteiger partial charge >= 0.3 is 6.01 Å². The van der Waals surface area contributed by atoms with Crippen molar-refractivity contribution >= 4 is 17.5 Å². The first-order valence-corrected chi connectivity index (χ1v) is 6.11. The molecule has 0 aliphatic rings. The third-order valence-electron chi connectivity index (χ3n) is 2.25. The predicted octanol–water partition coefficient (Wildman–Crippen LogP) is 2.24. The van der Waals surface area contributed by atoms with Crippen molar-refractivity contribution in [3.63, 3.8) is 0 Å². The lowest BCUT2D eigenvalue weighted by atomic mass is 10.2. The zero-order valence-electron chi connectivity index (χ0n) is 10.3. The van der Waals surface area contributed by atoms with Crippen molar-refractivity contribution in [1.82, 2.24) is 15.0 Å². The maximum atomic E-state index is 9.19. The zero-order chi connectivity index (χ0) is 13.7. The lowest BCUT2D eigenvalue weighted by Crippen LogP contribution is -2.07. The van der Waals surface area contributed by atoms with Crippen LogP contribution in [0.4, 0.5) is 5.95 Å². The van der Waals surface area contributed by atoms with E-state index in [1.165, 1.54) is 0 Å². The quantitative estimate of drug-likeness (QED) is 0.874. The number of nitrogens with zero attached hydrogens (tertiary/aromatic N) is 3. The zero-order valence-corrected chi connectivity index (χ0v) is 11.1. The fourth-order valence-electron chi connectivity index (χ4n) is 1.40. The Bertz CT molecular complexity index is 548. The molecule has 2 aromatic rings. The van der Waals surface area contributed by atoms with Gasteiger partial charge in [-0.1, -0.05) is 12.1 Å². The van der Waals surface area contributed by atoms with Gasteiger partial charge in [-0.3, -0.25) is 0 Å². The van der Waals surface area contributed by atoms with Crippen LogP contribution in [-0.4, -0.2) is 26.7 Å². The van der Waals surface area contributed by atoms with Crippen molar-refractivity contribution in [2.45, 2.75) is 13.5 Å². The van der Waals surface area contributed by atoms with Gasteiger partial charge in [0.2, 0.25) is 11.2 Å². The number of hydrogen-bond acceptors (Lipinski definition) is 6. The summed E-state index contributed by atoms with van der Waals surface area (Å²) in [4.78, 5) is 11.9. The van der Waals surface area contributed by atoms with Gasteiger partial charge in [-0.05, 0) is 36.2 Å². The maximum absolute atomic E-state index is 9.19. The summed E-state index contributed by atoms with van der Waals surface area (Å²) in [6.45, 7) is 2.80. The molecular formula is C12H13ClN4O2. The van der Waals surface area contributed by atoms with Crippen LogP contribution in [0.2, 0.25) is 5.28 Å². The molecule has 100 valence electrons. The van der Waals surface area contributed by atoms with E-state index in [1.54, 1.807) is 24.3 Å². The van der Waals surface area contributed by atoms with E-state index in [4.69, 9.17) is 16.3 Å². The summed E-state index contributed by atoms with van der Waals surface area (Å²) in [6, 6.07) is 7.02. The Labute approximate surface area is 115 Å². The first kappa shape index (κ1) is 13.4. The minimum Gasteiger partial charge on any atom is -0.508 e. The highest BCUT2D eigenvalue weighted by molar-refractivity contribution is 6.28. The number of ether oxygens (including phenoxy) is 1. The number of benzene rings is 1. The largest absolute Gasteiger partial charge is 0.508 e. The summed E-state index contributed by atoms with van der Waals surface area (Å²) in [7, 11) is 0. The molecule has 0 spiro atoms. The van der Waals surface area contributed by atoms with Crippen LogP contribution in [0.15, 0.2) is 24.3 Å². The van der Waals surface area contributed by atoms with Crippen molar-refractivity contribution in [3.05, 3.63) is 35.1 Å². The third kappa shape index (κ3) is 3.96. The van der Waals surface area contributed by atoms with Crippen LogP contribution < -0.4 is 10.1 Å². The van der Waals surface area contributed by atoms with Crippen LogP contribution in [0, 0.1) is 0 Å². The normalized spacial score (nSPS) is 10.2. The highest BCUT2D eigenvalue weighted by atomic mass is 35.5. The molecule has 6 nitrogen and oxygen atoms in total. The van der Waals surface area contributed by atoms with Gasteiger partial charge in [0.25, 0.3) is 0 Å². The van der Waals surface area contributed by atoms with E-state index >= 15 is 0 Å². The maximum Gasteiger partial charge on any atom is 0.322 e. The van der Waals surface area contributed by atoms with E-state index < -0.39 is 0 Å². The number of aromatic nitrogens is 3. The van der Waals surface area contributed by atoms with Crippen LogP contribution >= 0.6 is 11.6 Å². The monoisotopic (exact) mass is 280 g/mol. The van der Waals surface area contributed by atoms with E-state index in [1.807, 2.05) is 6.92 Å². The molecule has 0 bridgehead atoms. The Hall–Kier alpha value is -2.08. The molecule has 7 heteroatoms. The summed E-state index contributed by atoms with van der Waals surface area (Å²) >= 11 is 5.77. The summed E-state index contributed by atoms with van der Waals surface area (Å²) in [5.74, 6) is 0.571. The van der Waals surface area contributed by atoms with E-state index in [2.05, 4.69) is 20.3 Å². The smallest absolute Gasteiger partial charge is 0.322 e. The van der Waals surface area contributed by atoms with Crippen LogP contribution in [0.25, 0.3) is 0 Å². The van der Waals surface area contributed by atoms with Crippen molar-refractivity contribution in [1.29, 1.82) is 0 Å². The first-order valence-electron chi connectivity index (χ1n) is 5.73. The molecular weight excluding hydrogens is 268 g/mol. The molecule has 0 aliphatic carbocycles. The third-order valence-corrected chi connectivity index (χ3v) is 2.42. The number of nitrogens with one attached hydrogen (secondary N) is 1. The number of anilines is 1. The molecule has 0 amide bonds. The molecule has 0 radical (unpaired) electrons. The van der Waals surface area contributed by atoms with Gasteiger partial charge in [-0.2, -0.15) is 15.0 Å². The average Bonchev–Trinajstić information content (AvgIpc) is 2.38. The lowest BCUT2D eigenvalue weighted by molar-refractivity contribution is 0.312. The summed E-state index contributed by atoms with van der Waals surface area (Å²) in [5.41, 5.74) is 0.979. The van der Waals surface area contributed by atoms with Gasteiger partial charge in [0.1, 0.15) is 5.75 Å². The number of halogens is 1. The Morgan fingerprint density at radius 3 is 2.63 bits per heavy atom. The number of hydrogen-bond donors (Lipinski definition) is 2. The molecule has 2 rings (SSSR count). The Balaban J connectivity index is 2.04. The molecule has 1 aromatic heterocycles. The van der Waals surface area contributed by atoms with Crippen molar-refractivity contribution in [3.8, 4) is 11.8 Å². The molecule has 1 aromatic carbocycles. The molecule has 19 heavy (non-hydrogen) atoms. The van der Waals surface area contributed by atoms with Gasteiger partial charge in [-0.15, -0.1) is 0 Å². The van der Waals surface area contributed by atoms with E-state index in [0.29, 0.717) is 19.1 Å².